The van der Waals surface area contributed by atoms with E-state index in [4.69, 9.17) is 27.9 Å². The van der Waals surface area contributed by atoms with Gasteiger partial charge in [-0.2, -0.15) is 0 Å². The third-order valence-corrected chi connectivity index (χ3v) is 7.52. The van der Waals surface area contributed by atoms with Gasteiger partial charge in [0, 0.05) is 11.8 Å². The number of amides is 1. The fourth-order valence-corrected chi connectivity index (χ4v) is 5.41. The van der Waals surface area contributed by atoms with Crippen molar-refractivity contribution in [2.45, 2.75) is 4.34 Å². The van der Waals surface area contributed by atoms with Gasteiger partial charge in [-0.25, -0.2) is 4.98 Å². The third kappa shape index (κ3) is 6.09. The fraction of sp³-hybridized carbons (Fsp3) is 0.0870. The number of carbonyl (C=O) groups excluding carboxylic acids is 1. The second-order valence-corrected chi connectivity index (χ2v) is 10.1. The van der Waals surface area contributed by atoms with Crippen LogP contribution in [0.3, 0.4) is 0 Å². The van der Waals surface area contributed by atoms with Gasteiger partial charge in [0.1, 0.15) is 11.4 Å². The molecule has 35 heavy (non-hydrogen) atoms. The van der Waals surface area contributed by atoms with Crippen LogP contribution in [0.4, 0.5) is 17.1 Å². The molecule has 8 nitrogen and oxygen atoms in total. The summed E-state index contributed by atoms with van der Waals surface area (Å²) < 4.78 is 6.60. The first-order valence-corrected chi connectivity index (χ1v) is 12.5. The summed E-state index contributed by atoms with van der Waals surface area (Å²) in [5.41, 5.74) is 1.98. The van der Waals surface area contributed by atoms with E-state index in [2.05, 4.69) is 15.3 Å². The second-order valence-electron chi connectivity index (χ2n) is 7.00. The van der Waals surface area contributed by atoms with Crippen molar-refractivity contribution < 1.29 is 14.5 Å². The lowest BCUT2D eigenvalue weighted by molar-refractivity contribution is -0.384. The molecule has 4 aromatic rings. The van der Waals surface area contributed by atoms with Crippen molar-refractivity contribution in [3.63, 3.8) is 0 Å². The van der Waals surface area contributed by atoms with E-state index >= 15 is 0 Å². The van der Waals surface area contributed by atoms with Crippen LogP contribution in [0.15, 0.2) is 63.9 Å². The quantitative estimate of drug-likeness (QED) is 0.110. The lowest BCUT2D eigenvalue weighted by Gasteiger charge is -2.07. The van der Waals surface area contributed by atoms with Crippen molar-refractivity contribution in [2.75, 3.05) is 18.2 Å². The maximum absolute atomic E-state index is 12.4. The Balaban J connectivity index is 1.43. The Hall–Kier alpha value is -3.18. The zero-order chi connectivity index (χ0) is 24.9. The molecule has 0 saturated carbocycles. The van der Waals surface area contributed by atoms with E-state index in [1.54, 1.807) is 30.5 Å². The first-order valence-electron chi connectivity index (χ1n) is 9.98. The molecule has 1 aromatic heterocycles. The molecular formula is C23H16Cl2N4O4S2. The van der Waals surface area contributed by atoms with Crippen LogP contribution in [-0.2, 0) is 4.79 Å². The predicted octanol–water partition coefficient (Wildman–Crippen LogP) is 7.00. The average Bonchev–Trinajstić information content (AvgIpc) is 3.25. The van der Waals surface area contributed by atoms with Crippen LogP contribution < -0.4 is 10.1 Å². The van der Waals surface area contributed by atoms with Gasteiger partial charge in [-0.05, 0) is 42.5 Å². The first kappa shape index (κ1) is 24.9. The number of thioether (sulfide) groups is 1. The number of carbonyl (C=O) groups is 1. The molecule has 0 unspecified atom stereocenters. The van der Waals surface area contributed by atoms with E-state index in [9.17, 15) is 14.9 Å². The number of nitrogens with zero attached hydrogens (tertiary/aromatic N) is 3. The number of nitrogens with one attached hydrogen (secondary N) is 1. The number of nitro groups is 1. The van der Waals surface area contributed by atoms with Crippen molar-refractivity contribution in [1.29, 1.82) is 0 Å². The number of anilines is 1. The molecule has 0 radical (unpaired) electrons. The van der Waals surface area contributed by atoms with Gasteiger partial charge < -0.3 is 10.1 Å². The van der Waals surface area contributed by atoms with Crippen LogP contribution in [0.5, 0.6) is 5.75 Å². The van der Waals surface area contributed by atoms with Crippen LogP contribution in [-0.4, -0.2) is 34.9 Å². The first-order chi connectivity index (χ1) is 16.8. The summed E-state index contributed by atoms with van der Waals surface area (Å²) in [6.07, 6.45) is 1.62. The van der Waals surface area contributed by atoms with Gasteiger partial charge in [0.2, 0.25) is 5.91 Å². The number of nitro benzene ring substituents is 1. The predicted molar refractivity (Wildman–Crippen MR) is 142 cm³/mol. The molecule has 0 fully saturated rings. The van der Waals surface area contributed by atoms with Gasteiger partial charge in [-0.15, -0.1) is 11.3 Å². The number of methoxy groups -OCH3 is 1. The molecule has 1 N–H and O–H groups in total. The Labute approximate surface area is 218 Å². The van der Waals surface area contributed by atoms with Gasteiger partial charge in [0.05, 0.1) is 49.8 Å². The lowest BCUT2D eigenvalue weighted by Crippen LogP contribution is -2.15. The molecule has 0 aliphatic carbocycles. The largest absolute Gasteiger partial charge is 0.496 e. The molecule has 0 aliphatic rings. The standard InChI is InChI=1S/C23H16Cl2N4O4S2/c1-33-14-6-8-18(20(10-14)29(31)32)27-22(30)12-34-23-28-19-7-5-13(9-21(19)35-23)26-11-15-16(24)3-2-4-17(15)25/h2-11H,12H2,1H3,(H,27,30). The molecule has 1 amide bonds. The van der Waals surface area contributed by atoms with Gasteiger partial charge in [0.25, 0.3) is 5.69 Å². The van der Waals surface area contributed by atoms with Crippen LogP contribution in [0.25, 0.3) is 10.2 Å². The van der Waals surface area contributed by atoms with Crippen LogP contribution in [0.1, 0.15) is 5.56 Å². The zero-order valence-corrected chi connectivity index (χ0v) is 21.2. The summed E-state index contributed by atoms with van der Waals surface area (Å²) in [7, 11) is 1.41. The zero-order valence-electron chi connectivity index (χ0n) is 18.0. The second kappa shape index (κ2) is 11.0. The number of hydrogen-bond donors (Lipinski definition) is 1. The molecule has 12 heteroatoms. The van der Waals surface area contributed by atoms with E-state index in [1.165, 1.54) is 42.3 Å². The molecule has 0 saturated heterocycles. The summed E-state index contributed by atoms with van der Waals surface area (Å²) in [4.78, 5) is 32.1. The van der Waals surface area contributed by atoms with Crippen molar-refractivity contribution in [3.05, 3.63) is 80.3 Å². The number of hydrogen-bond acceptors (Lipinski definition) is 8. The number of rotatable bonds is 8. The molecule has 1 heterocycles. The summed E-state index contributed by atoms with van der Waals surface area (Å²) in [6, 6.07) is 15.1. The van der Waals surface area contributed by atoms with Crippen molar-refractivity contribution >= 4 is 85.7 Å². The smallest absolute Gasteiger partial charge is 0.296 e. The molecule has 0 spiro atoms. The van der Waals surface area contributed by atoms with E-state index < -0.39 is 4.92 Å². The fourth-order valence-electron chi connectivity index (χ4n) is 3.02. The number of thiazole rings is 1. The number of halogens is 2. The average molecular weight is 547 g/mol. The Bertz CT molecular complexity index is 1440. The Kier molecular flexibility index (Phi) is 7.86. The SMILES string of the molecule is COc1ccc(NC(=O)CSc2nc3ccc(N=Cc4c(Cl)cccc4Cl)cc3s2)c([N+](=O)[O-])c1. The van der Waals surface area contributed by atoms with Gasteiger partial charge in [0.15, 0.2) is 4.34 Å². The number of aliphatic imine (C=N–C) groups is 1. The van der Waals surface area contributed by atoms with Crippen LogP contribution in [0, 0.1) is 10.1 Å². The molecule has 3 aromatic carbocycles. The van der Waals surface area contributed by atoms with Gasteiger partial charge in [-0.3, -0.25) is 19.9 Å². The summed E-state index contributed by atoms with van der Waals surface area (Å²) >= 11 is 15.0. The normalized spacial score (nSPS) is 11.2. The third-order valence-electron chi connectivity index (χ3n) is 4.70. The summed E-state index contributed by atoms with van der Waals surface area (Å²) in [6.45, 7) is 0. The van der Waals surface area contributed by atoms with Crippen LogP contribution in [0.2, 0.25) is 10.0 Å². The van der Waals surface area contributed by atoms with Crippen molar-refractivity contribution in [3.8, 4) is 5.75 Å². The lowest BCUT2D eigenvalue weighted by atomic mass is 10.2. The highest BCUT2D eigenvalue weighted by molar-refractivity contribution is 8.01. The number of fused-ring (bicyclic) bond motifs is 1. The number of benzene rings is 3. The number of ether oxygens (including phenoxy) is 1. The van der Waals surface area contributed by atoms with Crippen molar-refractivity contribution in [2.24, 2.45) is 4.99 Å². The van der Waals surface area contributed by atoms with Crippen LogP contribution >= 0.6 is 46.3 Å². The number of aromatic nitrogens is 1. The maximum atomic E-state index is 12.4. The van der Waals surface area contributed by atoms with E-state index in [0.717, 1.165) is 10.2 Å². The Morgan fingerprint density at radius 3 is 2.71 bits per heavy atom. The molecule has 0 atom stereocenters. The Morgan fingerprint density at radius 1 is 1.23 bits per heavy atom. The topological polar surface area (TPSA) is 107 Å². The molecular weight excluding hydrogens is 531 g/mol. The minimum atomic E-state index is -0.571. The van der Waals surface area contributed by atoms with Crippen molar-refractivity contribution in [1.82, 2.24) is 4.98 Å². The molecule has 0 bridgehead atoms. The monoisotopic (exact) mass is 546 g/mol. The summed E-state index contributed by atoms with van der Waals surface area (Å²) in [5.74, 6) is -0.0133. The highest BCUT2D eigenvalue weighted by Crippen LogP contribution is 2.33. The van der Waals surface area contributed by atoms with E-state index in [-0.39, 0.29) is 23.0 Å². The highest BCUT2D eigenvalue weighted by Gasteiger charge is 2.18. The van der Waals surface area contributed by atoms with Gasteiger partial charge in [-0.1, -0.05) is 41.0 Å². The minimum absolute atomic E-state index is 0.0407. The maximum Gasteiger partial charge on any atom is 0.296 e. The Morgan fingerprint density at radius 2 is 2.00 bits per heavy atom. The molecule has 178 valence electrons. The van der Waals surface area contributed by atoms with Gasteiger partial charge >= 0.3 is 0 Å². The highest BCUT2D eigenvalue weighted by atomic mass is 35.5. The minimum Gasteiger partial charge on any atom is -0.496 e. The summed E-state index contributed by atoms with van der Waals surface area (Å²) in [5, 5.41) is 14.9. The van der Waals surface area contributed by atoms with E-state index in [0.29, 0.717) is 31.4 Å². The molecule has 4 rings (SSSR count). The van der Waals surface area contributed by atoms with E-state index in [1.807, 2.05) is 18.2 Å². The molecule has 0 aliphatic heterocycles.